The normalized spacial score (nSPS) is 10.2. The summed E-state index contributed by atoms with van der Waals surface area (Å²) in [6.45, 7) is 0.984. The Bertz CT molecular complexity index is 260. The van der Waals surface area contributed by atoms with Crippen LogP contribution in [-0.2, 0) is 6.54 Å². The zero-order valence-electron chi connectivity index (χ0n) is 7.39. The number of aromatic nitrogens is 3. The predicted octanol–water partition coefficient (Wildman–Crippen LogP) is 0.253. The number of carbonyl (C=O) groups is 1. The number of rotatable bonds is 6. The van der Waals surface area contributed by atoms with E-state index in [-0.39, 0.29) is 6.61 Å². The lowest BCUT2D eigenvalue weighted by Gasteiger charge is -1.98. The van der Waals surface area contributed by atoms with Gasteiger partial charge in [0.05, 0.1) is 6.20 Å². The molecule has 1 N–H and O–H groups in total. The molecule has 0 amide bonds. The number of hydrogen-bond acceptors (Lipinski definition) is 4. The van der Waals surface area contributed by atoms with Crippen molar-refractivity contribution in [1.82, 2.24) is 15.0 Å². The lowest BCUT2D eigenvalue weighted by Crippen LogP contribution is -1.99. The average Bonchev–Trinajstić information content (AvgIpc) is 2.60. The molecule has 0 saturated heterocycles. The third kappa shape index (κ3) is 3.33. The molecule has 0 unspecified atom stereocenters. The second-order valence-corrected chi connectivity index (χ2v) is 2.81. The van der Waals surface area contributed by atoms with Crippen LogP contribution in [0.15, 0.2) is 6.20 Å². The van der Waals surface area contributed by atoms with Gasteiger partial charge in [-0.1, -0.05) is 5.21 Å². The quantitative estimate of drug-likeness (QED) is 0.507. The van der Waals surface area contributed by atoms with Gasteiger partial charge in [0.2, 0.25) is 0 Å². The molecule has 0 bridgehead atoms. The van der Waals surface area contributed by atoms with Gasteiger partial charge in [-0.2, -0.15) is 0 Å². The summed E-state index contributed by atoms with van der Waals surface area (Å²) in [6, 6.07) is 0. The molecule has 0 aliphatic rings. The summed E-state index contributed by atoms with van der Waals surface area (Å²) in [5.41, 5.74) is 0.363. The first-order chi connectivity index (χ1) is 6.36. The Kier molecular flexibility index (Phi) is 4.11. The molecule has 1 heterocycles. The van der Waals surface area contributed by atoms with E-state index >= 15 is 0 Å². The Morgan fingerprint density at radius 2 is 2.31 bits per heavy atom. The van der Waals surface area contributed by atoms with Gasteiger partial charge < -0.3 is 5.11 Å². The Morgan fingerprint density at radius 3 is 2.92 bits per heavy atom. The minimum atomic E-state index is 0.233. The minimum absolute atomic E-state index is 0.233. The highest BCUT2D eigenvalue weighted by molar-refractivity contribution is 5.70. The number of carbonyl (C=O) groups excluding carboxylic acids is 1. The second-order valence-electron chi connectivity index (χ2n) is 2.81. The number of aliphatic hydroxyl groups is 1. The summed E-state index contributed by atoms with van der Waals surface area (Å²) < 4.78 is 1.64. The zero-order chi connectivity index (χ0) is 9.52. The first-order valence-electron chi connectivity index (χ1n) is 4.33. The fourth-order valence-corrected chi connectivity index (χ4v) is 1.04. The summed E-state index contributed by atoms with van der Waals surface area (Å²) in [5, 5.41) is 15.9. The number of aryl methyl sites for hydroxylation is 1. The lowest BCUT2D eigenvalue weighted by molar-refractivity contribution is 0.111. The van der Waals surface area contributed by atoms with Crippen molar-refractivity contribution >= 4 is 6.29 Å². The number of unbranched alkanes of at least 4 members (excludes halogenated alkanes) is 2. The fraction of sp³-hybridized carbons (Fsp3) is 0.625. The van der Waals surface area contributed by atoms with Crippen LogP contribution in [0, 0.1) is 0 Å². The number of aliphatic hydroxyl groups excluding tert-OH is 1. The molecule has 0 radical (unpaired) electrons. The van der Waals surface area contributed by atoms with E-state index in [0.29, 0.717) is 12.0 Å². The molecule has 5 nitrogen and oxygen atoms in total. The van der Waals surface area contributed by atoms with Crippen LogP contribution in [0.4, 0.5) is 0 Å². The van der Waals surface area contributed by atoms with Gasteiger partial charge in [-0.05, 0) is 19.3 Å². The van der Waals surface area contributed by atoms with E-state index in [4.69, 9.17) is 5.11 Å². The van der Waals surface area contributed by atoms with Crippen molar-refractivity contribution in [2.45, 2.75) is 25.8 Å². The van der Waals surface area contributed by atoms with Crippen LogP contribution in [0.1, 0.15) is 29.8 Å². The maximum absolute atomic E-state index is 10.2. The van der Waals surface area contributed by atoms with E-state index < -0.39 is 0 Å². The van der Waals surface area contributed by atoms with Crippen molar-refractivity contribution in [3.05, 3.63) is 11.9 Å². The maximum atomic E-state index is 10.2. The SMILES string of the molecule is O=Cc1cn(CCCCCO)nn1. The molecule has 0 atom stereocenters. The molecule has 1 rings (SSSR count). The van der Waals surface area contributed by atoms with E-state index in [0.717, 1.165) is 25.8 Å². The fourth-order valence-electron chi connectivity index (χ4n) is 1.04. The highest BCUT2D eigenvalue weighted by Crippen LogP contribution is 1.97. The largest absolute Gasteiger partial charge is 0.396 e. The van der Waals surface area contributed by atoms with E-state index in [1.54, 1.807) is 10.9 Å². The van der Waals surface area contributed by atoms with Crippen molar-refractivity contribution in [2.24, 2.45) is 0 Å². The van der Waals surface area contributed by atoms with Gasteiger partial charge in [-0.25, -0.2) is 0 Å². The van der Waals surface area contributed by atoms with Crippen LogP contribution in [0.2, 0.25) is 0 Å². The van der Waals surface area contributed by atoms with Crippen molar-refractivity contribution < 1.29 is 9.90 Å². The Balaban J connectivity index is 2.24. The van der Waals surface area contributed by atoms with Crippen LogP contribution in [0.5, 0.6) is 0 Å². The lowest BCUT2D eigenvalue weighted by atomic mass is 10.2. The van der Waals surface area contributed by atoms with Gasteiger partial charge in [-0.3, -0.25) is 9.48 Å². The topological polar surface area (TPSA) is 68.0 Å². The highest BCUT2D eigenvalue weighted by atomic mass is 16.2. The standard InChI is InChI=1S/C8H13N3O2/c12-5-3-1-2-4-11-6-8(7-13)9-10-11/h6-7,12H,1-5H2. The van der Waals surface area contributed by atoms with Crippen molar-refractivity contribution in [2.75, 3.05) is 6.61 Å². The van der Waals surface area contributed by atoms with Gasteiger partial charge in [0.25, 0.3) is 0 Å². The van der Waals surface area contributed by atoms with Crippen LogP contribution in [0.3, 0.4) is 0 Å². The minimum Gasteiger partial charge on any atom is -0.396 e. The van der Waals surface area contributed by atoms with Gasteiger partial charge >= 0.3 is 0 Å². The van der Waals surface area contributed by atoms with Crippen LogP contribution in [0.25, 0.3) is 0 Å². The molecule has 13 heavy (non-hydrogen) atoms. The van der Waals surface area contributed by atoms with E-state index in [1.807, 2.05) is 0 Å². The summed E-state index contributed by atoms with van der Waals surface area (Å²) in [4.78, 5) is 10.2. The number of hydrogen-bond donors (Lipinski definition) is 1. The van der Waals surface area contributed by atoms with E-state index in [9.17, 15) is 4.79 Å². The predicted molar refractivity (Wildman–Crippen MR) is 46.3 cm³/mol. The molecule has 0 aliphatic carbocycles. The van der Waals surface area contributed by atoms with Crippen LogP contribution in [-0.4, -0.2) is 33.0 Å². The molecule has 0 fully saturated rings. The van der Waals surface area contributed by atoms with Gasteiger partial charge in [0.1, 0.15) is 5.69 Å². The molecule has 0 aromatic carbocycles. The molecule has 0 aliphatic heterocycles. The van der Waals surface area contributed by atoms with Crippen LogP contribution >= 0.6 is 0 Å². The highest BCUT2D eigenvalue weighted by Gasteiger charge is 1.97. The number of nitrogens with zero attached hydrogens (tertiary/aromatic N) is 3. The monoisotopic (exact) mass is 183 g/mol. The smallest absolute Gasteiger partial charge is 0.171 e. The molecule has 72 valence electrons. The second kappa shape index (κ2) is 5.42. The maximum Gasteiger partial charge on any atom is 0.171 e. The van der Waals surface area contributed by atoms with E-state index in [1.165, 1.54) is 0 Å². The summed E-state index contributed by atoms with van der Waals surface area (Å²) >= 11 is 0. The molecule has 1 aromatic rings. The van der Waals surface area contributed by atoms with Gasteiger partial charge in [-0.15, -0.1) is 5.10 Å². The molecule has 0 saturated carbocycles. The molecule has 1 aromatic heterocycles. The summed E-state index contributed by atoms with van der Waals surface area (Å²) in [7, 11) is 0. The van der Waals surface area contributed by atoms with Crippen molar-refractivity contribution in [3.63, 3.8) is 0 Å². The number of aldehydes is 1. The Labute approximate surface area is 76.4 Å². The average molecular weight is 183 g/mol. The third-order valence-electron chi connectivity index (χ3n) is 1.72. The van der Waals surface area contributed by atoms with E-state index in [2.05, 4.69) is 10.3 Å². The van der Waals surface area contributed by atoms with Gasteiger partial charge in [0, 0.05) is 13.2 Å². The van der Waals surface area contributed by atoms with Crippen molar-refractivity contribution in [1.29, 1.82) is 0 Å². The molecule has 5 heteroatoms. The zero-order valence-corrected chi connectivity index (χ0v) is 7.39. The summed E-state index contributed by atoms with van der Waals surface area (Å²) in [5.74, 6) is 0. The summed E-state index contributed by atoms with van der Waals surface area (Å²) in [6.07, 6.45) is 5.02. The first kappa shape index (κ1) is 9.85. The van der Waals surface area contributed by atoms with Crippen LogP contribution < -0.4 is 0 Å². The van der Waals surface area contributed by atoms with Crippen molar-refractivity contribution in [3.8, 4) is 0 Å². The third-order valence-corrected chi connectivity index (χ3v) is 1.72. The molecular formula is C8H13N3O2. The Morgan fingerprint density at radius 1 is 1.46 bits per heavy atom. The van der Waals surface area contributed by atoms with Gasteiger partial charge in [0.15, 0.2) is 6.29 Å². The Hall–Kier alpha value is -1.23. The first-order valence-corrected chi connectivity index (χ1v) is 4.33. The molecular weight excluding hydrogens is 170 g/mol. The molecule has 0 spiro atoms.